The molecule has 0 radical (unpaired) electrons. The van der Waals surface area contributed by atoms with E-state index >= 15 is 0 Å². The van der Waals surface area contributed by atoms with E-state index in [1.165, 1.54) is 0 Å². The van der Waals surface area contributed by atoms with Crippen molar-refractivity contribution in [2.24, 2.45) is 28.6 Å². The maximum atomic E-state index is 12.6. The fourth-order valence-electron chi connectivity index (χ4n) is 4.85. The fraction of sp³-hybridized carbons (Fsp3) is 0.733. The highest BCUT2D eigenvalue weighted by atomic mass is 16.1. The Morgan fingerprint density at radius 3 is 2.53 bits per heavy atom. The molecule has 4 aliphatic carbocycles. The second-order valence-electron chi connectivity index (χ2n) is 6.85. The number of allylic oxidation sites excluding steroid dienone is 1. The Labute approximate surface area is 102 Å². The molecule has 4 saturated carbocycles. The number of hydrogen-bond donors (Lipinski definition) is 0. The van der Waals surface area contributed by atoms with Crippen molar-refractivity contribution in [3.05, 3.63) is 12.2 Å². The number of Topliss-reactive ketones (excluding diaryl/α,β-unsaturated/α-hetero) is 2. The molecular weight excluding hydrogens is 212 g/mol. The molecule has 0 saturated heterocycles. The van der Waals surface area contributed by atoms with E-state index in [0.29, 0.717) is 23.9 Å². The highest BCUT2D eigenvalue weighted by molar-refractivity contribution is 6.02. The summed E-state index contributed by atoms with van der Waals surface area (Å²) in [6, 6.07) is 0. The molecule has 0 aliphatic heterocycles. The quantitative estimate of drug-likeness (QED) is 0.651. The molecule has 0 aromatic rings. The van der Waals surface area contributed by atoms with Crippen LogP contribution in [-0.2, 0) is 9.59 Å². The molecule has 0 heterocycles. The van der Waals surface area contributed by atoms with Gasteiger partial charge in [0, 0.05) is 23.2 Å². The topological polar surface area (TPSA) is 34.1 Å². The molecule has 2 nitrogen and oxygen atoms in total. The summed E-state index contributed by atoms with van der Waals surface area (Å²) in [7, 11) is 0. The van der Waals surface area contributed by atoms with Gasteiger partial charge in [-0.1, -0.05) is 26.0 Å². The van der Waals surface area contributed by atoms with Crippen molar-refractivity contribution in [3.63, 3.8) is 0 Å². The van der Waals surface area contributed by atoms with Crippen molar-refractivity contribution in [2.45, 2.75) is 40.0 Å². The molecule has 4 rings (SSSR count). The predicted octanol–water partition coefficient (Wildman–Crippen LogP) is 2.77. The van der Waals surface area contributed by atoms with Crippen LogP contribution < -0.4 is 0 Å². The van der Waals surface area contributed by atoms with Crippen LogP contribution in [0.1, 0.15) is 40.0 Å². The Morgan fingerprint density at radius 1 is 1.29 bits per heavy atom. The lowest BCUT2D eigenvalue weighted by atomic mass is 9.47. The van der Waals surface area contributed by atoms with Crippen LogP contribution in [0.2, 0.25) is 0 Å². The summed E-state index contributed by atoms with van der Waals surface area (Å²) in [5.41, 5.74) is 0.534. The molecule has 4 aliphatic rings. The summed E-state index contributed by atoms with van der Waals surface area (Å²) in [5.74, 6) is 1.28. The number of fused-ring (bicyclic) bond motifs is 1. The molecule has 4 bridgehead atoms. The molecule has 17 heavy (non-hydrogen) atoms. The minimum absolute atomic E-state index is 0.0546. The third kappa shape index (κ3) is 1.07. The Bertz CT molecular complexity index is 450. The Balaban J connectivity index is 2.11. The van der Waals surface area contributed by atoms with Gasteiger partial charge in [0.2, 0.25) is 0 Å². The SMILES string of the molecule is C=C(C)[C@@H]1C[C@H]2[C@@]3(C)C[C@@H]1C(=O)[C@]2(C)CC3=O. The molecule has 0 aromatic heterocycles. The molecule has 0 spiro atoms. The van der Waals surface area contributed by atoms with Crippen molar-refractivity contribution >= 4 is 11.6 Å². The minimum Gasteiger partial charge on any atom is -0.299 e. The maximum absolute atomic E-state index is 12.6. The van der Waals surface area contributed by atoms with Gasteiger partial charge in [-0.05, 0) is 31.6 Å². The van der Waals surface area contributed by atoms with Crippen LogP contribution in [0.3, 0.4) is 0 Å². The molecule has 0 N–H and O–H groups in total. The first-order valence-corrected chi connectivity index (χ1v) is 6.54. The molecule has 4 fully saturated rings. The fourth-order valence-corrected chi connectivity index (χ4v) is 4.85. The predicted molar refractivity (Wildman–Crippen MR) is 65.4 cm³/mol. The Morgan fingerprint density at radius 2 is 1.94 bits per heavy atom. The van der Waals surface area contributed by atoms with Gasteiger partial charge >= 0.3 is 0 Å². The summed E-state index contributed by atoms with van der Waals surface area (Å²) < 4.78 is 0. The summed E-state index contributed by atoms with van der Waals surface area (Å²) in [4.78, 5) is 24.8. The van der Waals surface area contributed by atoms with Gasteiger partial charge in [0.15, 0.2) is 0 Å². The molecule has 92 valence electrons. The minimum atomic E-state index is -0.360. The molecule has 0 amide bonds. The van der Waals surface area contributed by atoms with Gasteiger partial charge in [-0.25, -0.2) is 0 Å². The molecule has 5 atom stereocenters. The van der Waals surface area contributed by atoms with Crippen molar-refractivity contribution in [1.29, 1.82) is 0 Å². The molecule has 2 heteroatoms. The van der Waals surface area contributed by atoms with Gasteiger partial charge in [-0.3, -0.25) is 9.59 Å². The normalized spacial score (nSPS) is 52.1. The van der Waals surface area contributed by atoms with E-state index in [1.807, 2.05) is 13.8 Å². The zero-order chi connectivity index (χ0) is 12.6. The lowest BCUT2D eigenvalue weighted by Gasteiger charge is -2.54. The highest BCUT2D eigenvalue weighted by Crippen LogP contribution is 2.67. The van der Waals surface area contributed by atoms with Crippen LogP contribution >= 0.6 is 0 Å². The van der Waals surface area contributed by atoms with Crippen LogP contribution in [0.15, 0.2) is 12.2 Å². The van der Waals surface area contributed by atoms with Crippen molar-refractivity contribution in [1.82, 2.24) is 0 Å². The van der Waals surface area contributed by atoms with E-state index < -0.39 is 0 Å². The van der Waals surface area contributed by atoms with Gasteiger partial charge in [0.05, 0.1) is 0 Å². The van der Waals surface area contributed by atoms with Crippen LogP contribution in [0, 0.1) is 28.6 Å². The third-order valence-electron chi connectivity index (χ3n) is 5.85. The highest BCUT2D eigenvalue weighted by Gasteiger charge is 2.70. The van der Waals surface area contributed by atoms with E-state index in [9.17, 15) is 9.59 Å². The van der Waals surface area contributed by atoms with Crippen LogP contribution in [0.4, 0.5) is 0 Å². The van der Waals surface area contributed by atoms with Crippen LogP contribution in [-0.4, -0.2) is 11.6 Å². The molecule has 0 aromatic carbocycles. The van der Waals surface area contributed by atoms with E-state index in [4.69, 9.17) is 0 Å². The summed E-state index contributed by atoms with van der Waals surface area (Å²) in [6.07, 6.45) is 2.24. The lowest BCUT2D eigenvalue weighted by molar-refractivity contribution is -0.154. The third-order valence-corrected chi connectivity index (χ3v) is 5.85. The lowest BCUT2D eigenvalue weighted by Crippen LogP contribution is -2.56. The Hall–Kier alpha value is -0.920. The smallest absolute Gasteiger partial charge is 0.143 e. The number of hydrogen-bond acceptors (Lipinski definition) is 2. The summed E-state index contributed by atoms with van der Waals surface area (Å²) in [5, 5.41) is 0. The first-order chi connectivity index (χ1) is 7.80. The zero-order valence-electron chi connectivity index (χ0n) is 10.9. The average Bonchev–Trinajstić information content (AvgIpc) is 2.40. The van der Waals surface area contributed by atoms with Crippen molar-refractivity contribution < 1.29 is 9.59 Å². The number of carbonyl (C=O) groups excluding carboxylic acids is 2. The number of rotatable bonds is 1. The standard InChI is InChI=1S/C15H20O2/c1-8(2)9-5-11-14(3)6-10(9)13(17)15(11,4)7-12(14)16/h9-11H,1,5-7H2,2-4H3/t9-,10-,11-,14+,15+/m0/s1. The van der Waals surface area contributed by atoms with Gasteiger partial charge in [0.25, 0.3) is 0 Å². The van der Waals surface area contributed by atoms with Crippen molar-refractivity contribution in [2.75, 3.05) is 0 Å². The second-order valence-corrected chi connectivity index (χ2v) is 6.85. The summed E-state index contributed by atoms with van der Waals surface area (Å²) >= 11 is 0. The number of carbonyl (C=O) groups is 2. The summed E-state index contributed by atoms with van der Waals surface area (Å²) in [6.45, 7) is 10.2. The van der Waals surface area contributed by atoms with Crippen LogP contribution in [0.5, 0.6) is 0 Å². The van der Waals surface area contributed by atoms with Gasteiger partial charge in [-0.2, -0.15) is 0 Å². The van der Waals surface area contributed by atoms with Gasteiger partial charge in [0.1, 0.15) is 11.6 Å². The van der Waals surface area contributed by atoms with Crippen LogP contribution in [0.25, 0.3) is 0 Å². The second kappa shape index (κ2) is 2.90. The van der Waals surface area contributed by atoms with Crippen molar-refractivity contribution in [3.8, 4) is 0 Å². The first-order valence-electron chi connectivity index (χ1n) is 6.54. The monoisotopic (exact) mass is 232 g/mol. The van der Waals surface area contributed by atoms with E-state index in [1.54, 1.807) is 0 Å². The number of ketones is 2. The molecule has 0 unspecified atom stereocenters. The molecular formula is C15H20O2. The maximum Gasteiger partial charge on any atom is 0.143 e. The van der Waals surface area contributed by atoms with Gasteiger partial charge in [-0.15, -0.1) is 0 Å². The largest absolute Gasteiger partial charge is 0.299 e. The average molecular weight is 232 g/mol. The van der Waals surface area contributed by atoms with E-state index in [-0.39, 0.29) is 22.7 Å². The Kier molecular flexibility index (Phi) is 1.91. The van der Waals surface area contributed by atoms with Gasteiger partial charge < -0.3 is 0 Å². The first kappa shape index (κ1) is 11.2. The van der Waals surface area contributed by atoms with E-state index in [0.717, 1.165) is 18.4 Å². The van der Waals surface area contributed by atoms with E-state index in [2.05, 4.69) is 13.5 Å². The zero-order valence-corrected chi connectivity index (χ0v) is 10.9.